The monoisotopic (exact) mass is 253 g/mol. The van der Waals surface area contributed by atoms with Gasteiger partial charge in [0.2, 0.25) is 5.91 Å². The van der Waals surface area contributed by atoms with Crippen LogP contribution < -0.4 is 10.6 Å². The van der Waals surface area contributed by atoms with Crippen molar-refractivity contribution >= 4 is 17.4 Å². The van der Waals surface area contributed by atoms with Gasteiger partial charge in [0.15, 0.2) is 0 Å². The smallest absolute Gasteiger partial charge is 0.227 e. The summed E-state index contributed by atoms with van der Waals surface area (Å²) in [5.41, 5.74) is 8.61. The molecule has 3 rings (SSSR count). The van der Waals surface area contributed by atoms with Crippen LogP contribution in [0.1, 0.15) is 17.7 Å². The first-order chi connectivity index (χ1) is 9.24. The molecule has 4 heteroatoms. The maximum absolute atomic E-state index is 12.1. The predicted octanol–water partition coefficient (Wildman–Crippen LogP) is 2.14. The lowest BCUT2D eigenvalue weighted by atomic mass is 10.1. The van der Waals surface area contributed by atoms with Gasteiger partial charge in [0.1, 0.15) is 5.82 Å². The predicted molar refractivity (Wildman–Crippen MR) is 74.6 cm³/mol. The number of benzene rings is 1. The van der Waals surface area contributed by atoms with Crippen molar-refractivity contribution < 1.29 is 4.79 Å². The Hall–Kier alpha value is -2.36. The summed E-state index contributed by atoms with van der Waals surface area (Å²) < 4.78 is 0. The number of nitrogen functional groups attached to an aromatic ring is 1. The van der Waals surface area contributed by atoms with Gasteiger partial charge in [-0.2, -0.15) is 0 Å². The molecular formula is C15H15N3O. The van der Waals surface area contributed by atoms with Crippen molar-refractivity contribution in [3.8, 4) is 0 Å². The van der Waals surface area contributed by atoms with Gasteiger partial charge in [0.25, 0.3) is 0 Å². The van der Waals surface area contributed by atoms with Gasteiger partial charge in [0, 0.05) is 12.8 Å². The first-order valence-electron chi connectivity index (χ1n) is 6.34. The SMILES string of the molecule is Nc1ccc2c(n1)CCC(=O)N2Cc1ccccc1. The molecule has 0 saturated heterocycles. The second kappa shape index (κ2) is 4.72. The summed E-state index contributed by atoms with van der Waals surface area (Å²) >= 11 is 0. The van der Waals surface area contributed by atoms with Gasteiger partial charge >= 0.3 is 0 Å². The van der Waals surface area contributed by atoms with Crippen LogP contribution in [-0.2, 0) is 17.8 Å². The zero-order valence-electron chi connectivity index (χ0n) is 10.5. The Kier molecular flexibility index (Phi) is 2.91. The summed E-state index contributed by atoms with van der Waals surface area (Å²) in [5.74, 6) is 0.649. The van der Waals surface area contributed by atoms with Gasteiger partial charge in [-0.15, -0.1) is 0 Å². The Labute approximate surface area is 111 Å². The number of fused-ring (bicyclic) bond motifs is 1. The lowest BCUT2D eigenvalue weighted by molar-refractivity contribution is -0.119. The first-order valence-corrected chi connectivity index (χ1v) is 6.34. The maximum Gasteiger partial charge on any atom is 0.227 e. The molecule has 0 radical (unpaired) electrons. The van der Waals surface area contributed by atoms with E-state index in [1.807, 2.05) is 36.4 Å². The molecule has 0 unspecified atom stereocenters. The number of anilines is 2. The summed E-state index contributed by atoms with van der Waals surface area (Å²) in [4.78, 5) is 18.2. The molecule has 0 spiro atoms. The topological polar surface area (TPSA) is 59.2 Å². The van der Waals surface area contributed by atoms with Gasteiger partial charge in [-0.1, -0.05) is 30.3 Å². The highest BCUT2D eigenvalue weighted by Crippen LogP contribution is 2.28. The third-order valence-corrected chi connectivity index (χ3v) is 3.32. The average molecular weight is 253 g/mol. The number of pyridine rings is 1. The molecule has 1 aliphatic rings. The molecule has 19 heavy (non-hydrogen) atoms. The van der Waals surface area contributed by atoms with Crippen molar-refractivity contribution in [1.82, 2.24) is 4.98 Å². The van der Waals surface area contributed by atoms with E-state index in [0.717, 1.165) is 16.9 Å². The molecular weight excluding hydrogens is 238 g/mol. The second-order valence-corrected chi connectivity index (χ2v) is 4.67. The van der Waals surface area contributed by atoms with Crippen molar-refractivity contribution in [2.45, 2.75) is 19.4 Å². The number of nitrogens with two attached hydrogens (primary N) is 1. The molecule has 1 amide bonds. The number of rotatable bonds is 2. The summed E-state index contributed by atoms with van der Waals surface area (Å²) in [7, 11) is 0. The van der Waals surface area contributed by atoms with Crippen molar-refractivity contribution in [3.63, 3.8) is 0 Å². The highest BCUT2D eigenvalue weighted by Gasteiger charge is 2.25. The first kappa shape index (κ1) is 11.7. The van der Waals surface area contributed by atoms with Crippen LogP contribution in [0.3, 0.4) is 0 Å². The highest BCUT2D eigenvalue weighted by molar-refractivity contribution is 5.96. The van der Waals surface area contributed by atoms with Gasteiger partial charge < -0.3 is 10.6 Å². The number of carbonyl (C=O) groups is 1. The Bertz CT molecular complexity index is 610. The number of carbonyl (C=O) groups excluding carboxylic acids is 1. The summed E-state index contributed by atoms with van der Waals surface area (Å²) in [6, 6.07) is 13.6. The van der Waals surface area contributed by atoms with E-state index in [2.05, 4.69) is 4.98 Å². The van der Waals surface area contributed by atoms with Crippen LogP contribution in [-0.4, -0.2) is 10.9 Å². The minimum absolute atomic E-state index is 0.142. The van der Waals surface area contributed by atoms with Gasteiger partial charge in [-0.05, 0) is 17.7 Å². The molecule has 0 atom stereocenters. The Morgan fingerprint density at radius 3 is 2.68 bits per heavy atom. The Balaban J connectivity index is 1.95. The number of aryl methyl sites for hydroxylation is 1. The molecule has 2 N–H and O–H groups in total. The number of nitrogens with zero attached hydrogens (tertiary/aromatic N) is 2. The van der Waals surface area contributed by atoms with Crippen molar-refractivity contribution in [2.24, 2.45) is 0 Å². The third-order valence-electron chi connectivity index (χ3n) is 3.32. The standard InChI is InChI=1S/C15H15N3O/c16-14-8-7-13-12(17-14)6-9-15(19)18(13)10-11-4-2-1-3-5-11/h1-5,7-8H,6,9-10H2,(H2,16,17). The van der Waals surface area contributed by atoms with Gasteiger partial charge in [-0.3, -0.25) is 4.79 Å². The lowest BCUT2D eigenvalue weighted by Gasteiger charge is -2.28. The summed E-state index contributed by atoms with van der Waals surface area (Å²) in [6.45, 7) is 0.582. The van der Waals surface area contributed by atoms with E-state index in [-0.39, 0.29) is 5.91 Å². The van der Waals surface area contributed by atoms with E-state index in [9.17, 15) is 4.79 Å². The number of hydrogen-bond donors (Lipinski definition) is 1. The van der Waals surface area contributed by atoms with Crippen molar-refractivity contribution in [2.75, 3.05) is 10.6 Å². The van der Waals surface area contributed by atoms with E-state index in [1.165, 1.54) is 0 Å². The average Bonchev–Trinajstić information content (AvgIpc) is 2.43. The van der Waals surface area contributed by atoms with Crippen molar-refractivity contribution in [3.05, 3.63) is 53.7 Å². The molecule has 1 aromatic heterocycles. The fraction of sp³-hybridized carbons (Fsp3) is 0.200. The number of aromatic nitrogens is 1. The highest BCUT2D eigenvalue weighted by atomic mass is 16.2. The van der Waals surface area contributed by atoms with E-state index in [1.54, 1.807) is 11.0 Å². The van der Waals surface area contributed by atoms with Crippen LogP contribution in [0.15, 0.2) is 42.5 Å². The van der Waals surface area contributed by atoms with Crippen LogP contribution >= 0.6 is 0 Å². The molecule has 2 heterocycles. The molecule has 0 fully saturated rings. The number of amides is 1. The van der Waals surface area contributed by atoms with Gasteiger partial charge in [0.05, 0.1) is 17.9 Å². The third kappa shape index (κ3) is 2.29. The maximum atomic E-state index is 12.1. The molecule has 1 aliphatic heterocycles. The molecule has 4 nitrogen and oxygen atoms in total. The largest absolute Gasteiger partial charge is 0.384 e. The minimum atomic E-state index is 0.142. The molecule has 0 aliphatic carbocycles. The fourth-order valence-electron chi connectivity index (χ4n) is 2.37. The fourth-order valence-corrected chi connectivity index (χ4v) is 2.37. The summed E-state index contributed by atoms with van der Waals surface area (Å²) in [6.07, 6.45) is 1.17. The zero-order chi connectivity index (χ0) is 13.2. The van der Waals surface area contributed by atoms with E-state index in [4.69, 9.17) is 5.73 Å². The minimum Gasteiger partial charge on any atom is -0.384 e. The van der Waals surface area contributed by atoms with Crippen LogP contribution in [0.2, 0.25) is 0 Å². The normalized spacial score (nSPS) is 14.3. The Morgan fingerprint density at radius 1 is 1.11 bits per heavy atom. The second-order valence-electron chi connectivity index (χ2n) is 4.67. The quantitative estimate of drug-likeness (QED) is 0.892. The molecule has 0 bridgehead atoms. The molecule has 0 saturated carbocycles. The van der Waals surface area contributed by atoms with Crippen LogP contribution in [0, 0.1) is 0 Å². The lowest BCUT2D eigenvalue weighted by Crippen LogP contribution is -2.35. The van der Waals surface area contributed by atoms with E-state index >= 15 is 0 Å². The van der Waals surface area contributed by atoms with Crippen LogP contribution in [0.5, 0.6) is 0 Å². The number of hydrogen-bond acceptors (Lipinski definition) is 3. The van der Waals surface area contributed by atoms with Crippen molar-refractivity contribution in [1.29, 1.82) is 0 Å². The molecule has 1 aromatic carbocycles. The van der Waals surface area contributed by atoms with Crippen LogP contribution in [0.25, 0.3) is 0 Å². The van der Waals surface area contributed by atoms with E-state index < -0.39 is 0 Å². The Morgan fingerprint density at radius 2 is 1.89 bits per heavy atom. The molecule has 2 aromatic rings. The van der Waals surface area contributed by atoms with Gasteiger partial charge in [-0.25, -0.2) is 4.98 Å². The summed E-state index contributed by atoms with van der Waals surface area (Å²) in [5, 5.41) is 0. The molecule has 96 valence electrons. The zero-order valence-corrected chi connectivity index (χ0v) is 10.5. The van der Waals surface area contributed by atoms with E-state index in [0.29, 0.717) is 25.2 Å². The van der Waals surface area contributed by atoms with Crippen LogP contribution in [0.4, 0.5) is 11.5 Å².